The van der Waals surface area contributed by atoms with Crippen molar-refractivity contribution >= 4 is 17.8 Å². The van der Waals surface area contributed by atoms with Crippen molar-refractivity contribution in [2.24, 2.45) is 17.6 Å². The Kier molecular flexibility index (Phi) is 8.70. The van der Waals surface area contributed by atoms with E-state index in [9.17, 15) is 14.4 Å². The molecule has 7 heteroatoms. The van der Waals surface area contributed by atoms with E-state index in [-0.39, 0.29) is 17.7 Å². The molecule has 0 fully saturated rings. The summed E-state index contributed by atoms with van der Waals surface area (Å²) < 4.78 is 4.57. The monoisotopic (exact) mass is 315 g/mol. The summed E-state index contributed by atoms with van der Waals surface area (Å²) >= 11 is 0. The fraction of sp³-hybridized carbons (Fsp3) is 0.800. The van der Waals surface area contributed by atoms with Crippen molar-refractivity contribution in [3.8, 4) is 0 Å². The number of nitrogens with two attached hydrogens (primary N) is 1. The molecule has 0 saturated carbocycles. The average Bonchev–Trinajstić information content (AvgIpc) is 2.49. The van der Waals surface area contributed by atoms with E-state index in [1.165, 1.54) is 14.0 Å². The van der Waals surface area contributed by atoms with Crippen molar-refractivity contribution in [3.63, 3.8) is 0 Å². The van der Waals surface area contributed by atoms with Crippen LogP contribution in [0.4, 0.5) is 0 Å². The van der Waals surface area contributed by atoms with Crippen molar-refractivity contribution in [3.05, 3.63) is 0 Å². The standard InChI is InChI=1S/C15H29N3O4/c1-7-9(4)12(18-13(19)11(16)8(2)3)14(20)17-10(5)15(21)22-6/h8-12H,7,16H2,1-6H3,(H,17,20)(H,18,19)/t9-,10-,11-,12-/m0/s1. The van der Waals surface area contributed by atoms with Gasteiger partial charge in [0, 0.05) is 0 Å². The number of carbonyl (C=O) groups is 3. The largest absolute Gasteiger partial charge is 0.467 e. The SMILES string of the molecule is CC[C@H](C)[C@H](NC(=O)[C@@H](N)C(C)C)C(=O)N[C@@H](C)C(=O)OC. The van der Waals surface area contributed by atoms with Crippen LogP contribution in [-0.4, -0.2) is 43.0 Å². The van der Waals surface area contributed by atoms with Crippen molar-refractivity contribution in [1.29, 1.82) is 0 Å². The van der Waals surface area contributed by atoms with Gasteiger partial charge in [0.05, 0.1) is 13.2 Å². The minimum absolute atomic E-state index is 0.0327. The number of methoxy groups -OCH3 is 1. The summed E-state index contributed by atoms with van der Waals surface area (Å²) in [5, 5.41) is 5.23. The van der Waals surface area contributed by atoms with E-state index in [0.717, 1.165) is 0 Å². The highest BCUT2D eigenvalue weighted by molar-refractivity contribution is 5.92. The number of nitrogens with one attached hydrogen (secondary N) is 2. The molecular weight excluding hydrogens is 286 g/mol. The van der Waals surface area contributed by atoms with Crippen LogP contribution >= 0.6 is 0 Å². The Labute approximate surface area is 132 Å². The Morgan fingerprint density at radius 2 is 1.59 bits per heavy atom. The van der Waals surface area contributed by atoms with Gasteiger partial charge in [0.25, 0.3) is 0 Å². The topological polar surface area (TPSA) is 111 Å². The molecule has 4 N–H and O–H groups in total. The number of amides is 2. The summed E-state index contributed by atoms with van der Waals surface area (Å²) in [6.45, 7) is 8.97. The van der Waals surface area contributed by atoms with Gasteiger partial charge >= 0.3 is 5.97 Å². The zero-order valence-corrected chi connectivity index (χ0v) is 14.3. The van der Waals surface area contributed by atoms with Crippen LogP contribution in [0.1, 0.15) is 41.0 Å². The van der Waals surface area contributed by atoms with Crippen LogP contribution in [0, 0.1) is 11.8 Å². The molecule has 0 aliphatic rings. The molecule has 0 radical (unpaired) electrons. The van der Waals surface area contributed by atoms with Gasteiger partial charge in [0.1, 0.15) is 12.1 Å². The minimum atomic E-state index is -0.778. The maximum atomic E-state index is 12.3. The normalized spacial score (nSPS) is 16.4. The third-order valence-electron chi connectivity index (χ3n) is 3.73. The fourth-order valence-electron chi connectivity index (χ4n) is 1.79. The van der Waals surface area contributed by atoms with E-state index in [4.69, 9.17) is 5.73 Å². The van der Waals surface area contributed by atoms with Gasteiger partial charge < -0.3 is 21.1 Å². The summed E-state index contributed by atoms with van der Waals surface area (Å²) in [5.41, 5.74) is 5.80. The molecule has 0 aliphatic heterocycles. The molecule has 2 amide bonds. The predicted octanol–water partition coefficient (Wildman–Crippen LogP) is 0.178. The van der Waals surface area contributed by atoms with Gasteiger partial charge in [0.2, 0.25) is 11.8 Å². The molecule has 0 spiro atoms. The summed E-state index contributed by atoms with van der Waals surface area (Å²) in [6, 6.07) is -2.20. The zero-order valence-electron chi connectivity index (χ0n) is 14.3. The van der Waals surface area contributed by atoms with E-state index >= 15 is 0 Å². The second kappa shape index (κ2) is 9.40. The van der Waals surface area contributed by atoms with E-state index in [2.05, 4.69) is 15.4 Å². The summed E-state index contributed by atoms with van der Waals surface area (Å²) in [6.07, 6.45) is 0.696. The lowest BCUT2D eigenvalue weighted by Crippen LogP contribution is -2.57. The van der Waals surface area contributed by atoms with Crippen LogP contribution in [0.5, 0.6) is 0 Å². The first-order chi connectivity index (χ1) is 10.1. The van der Waals surface area contributed by atoms with Crippen LogP contribution in [0.2, 0.25) is 0 Å². The molecule has 0 rings (SSSR count). The molecule has 0 bridgehead atoms. The molecule has 0 aliphatic carbocycles. The highest BCUT2D eigenvalue weighted by Crippen LogP contribution is 2.10. The first kappa shape index (κ1) is 20.4. The number of carbonyl (C=O) groups excluding carboxylic acids is 3. The Morgan fingerprint density at radius 1 is 1.05 bits per heavy atom. The van der Waals surface area contributed by atoms with Gasteiger partial charge in [-0.1, -0.05) is 34.1 Å². The zero-order chi connectivity index (χ0) is 17.4. The second-order valence-corrected chi connectivity index (χ2v) is 5.90. The van der Waals surface area contributed by atoms with Gasteiger partial charge in [-0.2, -0.15) is 0 Å². The van der Waals surface area contributed by atoms with Crippen molar-refractivity contribution in [2.75, 3.05) is 7.11 Å². The molecule has 4 atom stereocenters. The molecule has 7 nitrogen and oxygen atoms in total. The molecule has 128 valence electrons. The second-order valence-electron chi connectivity index (χ2n) is 5.90. The Hall–Kier alpha value is -1.63. The number of esters is 1. The van der Waals surface area contributed by atoms with Crippen LogP contribution in [-0.2, 0) is 19.1 Å². The van der Waals surface area contributed by atoms with Crippen LogP contribution in [0.15, 0.2) is 0 Å². The highest BCUT2D eigenvalue weighted by Gasteiger charge is 2.30. The van der Waals surface area contributed by atoms with E-state index in [0.29, 0.717) is 6.42 Å². The van der Waals surface area contributed by atoms with Crippen molar-refractivity contribution in [1.82, 2.24) is 10.6 Å². The maximum absolute atomic E-state index is 12.3. The lowest BCUT2D eigenvalue weighted by atomic mass is 9.96. The third kappa shape index (κ3) is 6.01. The van der Waals surface area contributed by atoms with Gasteiger partial charge in [-0.15, -0.1) is 0 Å². The predicted molar refractivity (Wildman–Crippen MR) is 83.8 cm³/mol. The molecule has 0 aromatic carbocycles. The molecule has 0 heterocycles. The van der Waals surface area contributed by atoms with Crippen LogP contribution in [0.25, 0.3) is 0 Å². The lowest BCUT2D eigenvalue weighted by molar-refractivity contribution is -0.145. The van der Waals surface area contributed by atoms with Gasteiger partial charge in [-0.25, -0.2) is 4.79 Å². The highest BCUT2D eigenvalue weighted by atomic mass is 16.5. The molecule has 0 saturated heterocycles. The van der Waals surface area contributed by atoms with Crippen LogP contribution < -0.4 is 16.4 Å². The minimum Gasteiger partial charge on any atom is -0.467 e. The molecule has 22 heavy (non-hydrogen) atoms. The van der Waals surface area contributed by atoms with E-state index in [1.54, 1.807) is 0 Å². The number of hydrogen-bond donors (Lipinski definition) is 3. The van der Waals surface area contributed by atoms with Gasteiger partial charge in [-0.3, -0.25) is 9.59 Å². The van der Waals surface area contributed by atoms with Gasteiger partial charge in [-0.05, 0) is 18.8 Å². The summed E-state index contributed by atoms with van der Waals surface area (Å²) in [4.78, 5) is 35.8. The molecule has 0 unspecified atom stereocenters. The quantitative estimate of drug-likeness (QED) is 0.553. The number of rotatable bonds is 8. The average molecular weight is 315 g/mol. The van der Waals surface area contributed by atoms with Crippen molar-refractivity contribution < 1.29 is 19.1 Å². The molecule has 0 aromatic heterocycles. The third-order valence-corrected chi connectivity index (χ3v) is 3.73. The number of ether oxygens (including phenoxy) is 1. The van der Waals surface area contributed by atoms with Crippen LogP contribution in [0.3, 0.4) is 0 Å². The summed E-state index contributed by atoms with van der Waals surface area (Å²) in [7, 11) is 1.25. The first-order valence-corrected chi connectivity index (χ1v) is 7.59. The van der Waals surface area contributed by atoms with E-state index < -0.39 is 30.0 Å². The Morgan fingerprint density at radius 3 is 2.00 bits per heavy atom. The van der Waals surface area contributed by atoms with E-state index in [1.807, 2.05) is 27.7 Å². The fourth-order valence-corrected chi connectivity index (χ4v) is 1.79. The molecular formula is C15H29N3O4. The Balaban J connectivity index is 4.95. The molecule has 0 aromatic rings. The number of hydrogen-bond acceptors (Lipinski definition) is 5. The smallest absolute Gasteiger partial charge is 0.328 e. The maximum Gasteiger partial charge on any atom is 0.328 e. The lowest BCUT2D eigenvalue weighted by Gasteiger charge is -2.26. The Bertz CT molecular complexity index is 398. The van der Waals surface area contributed by atoms with Crippen molar-refractivity contribution in [2.45, 2.75) is 59.2 Å². The van der Waals surface area contributed by atoms with Gasteiger partial charge in [0.15, 0.2) is 0 Å². The summed E-state index contributed by atoms with van der Waals surface area (Å²) in [5.74, 6) is -1.46. The first-order valence-electron chi connectivity index (χ1n) is 7.59.